The summed E-state index contributed by atoms with van der Waals surface area (Å²) in [6.45, 7) is 2.64. The second kappa shape index (κ2) is 11.3. The minimum atomic E-state index is -0.616. The van der Waals surface area contributed by atoms with Crippen LogP contribution in [0.5, 0.6) is 0 Å². The molecule has 0 aromatic heterocycles. The van der Waals surface area contributed by atoms with Gasteiger partial charge < -0.3 is 20.1 Å². The highest BCUT2D eigenvalue weighted by molar-refractivity contribution is 5.99. The summed E-state index contributed by atoms with van der Waals surface area (Å²) in [6, 6.07) is 27.7. The molecule has 37 heavy (non-hydrogen) atoms. The maximum atomic E-state index is 13.6. The molecule has 5 rings (SSSR count). The van der Waals surface area contributed by atoms with E-state index in [4.69, 9.17) is 9.47 Å². The zero-order valence-electron chi connectivity index (χ0n) is 21.1. The highest BCUT2D eigenvalue weighted by atomic mass is 16.5. The van der Waals surface area contributed by atoms with Crippen LogP contribution in [0.1, 0.15) is 42.4 Å². The fourth-order valence-corrected chi connectivity index (χ4v) is 5.61. The molecule has 192 valence electrons. The molecule has 2 saturated heterocycles. The Labute approximate surface area is 218 Å². The van der Waals surface area contributed by atoms with Crippen molar-refractivity contribution in [3.8, 4) is 0 Å². The molecule has 0 spiro atoms. The van der Waals surface area contributed by atoms with Crippen LogP contribution >= 0.6 is 0 Å². The maximum absolute atomic E-state index is 13.6. The zero-order valence-corrected chi connectivity index (χ0v) is 21.1. The van der Waals surface area contributed by atoms with Crippen LogP contribution in [0, 0.1) is 0 Å². The lowest BCUT2D eigenvalue weighted by Gasteiger charge is -2.36. The lowest BCUT2D eigenvalue weighted by Crippen LogP contribution is -2.47. The molecule has 2 heterocycles. The van der Waals surface area contributed by atoms with Gasteiger partial charge >= 0.3 is 0 Å². The topological polar surface area (TPSA) is 76.7 Å². The number of hydrogen-bond donors (Lipinski definition) is 2. The Hall–Kier alpha value is -3.48. The third-order valence-electron chi connectivity index (χ3n) is 7.85. The van der Waals surface area contributed by atoms with Gasteiger partial charge in [-0.05, 0) is 54.5 Å². The van der Waals surface area contributed by atoms with Crippen LogP contribution in [0.3, 0.4) is 0 Å². The van der Waals surface area contributed by atoms with Crippen molar-refractivity contribution in [2.75, 3.05) is 31.7 Å². The van der Waals surface area contributed by atoms with E-state index in [1.165, 1.54) is 0 Å². The molecule has 2 N–H and O–H groups in total. The summed E-state index contributed by atoms with van der Waals surface area (Å²) >= 11 is 0. The molecule has 2 aliphatic heterocycles. The average Bonchev–Trinajstić information content (AvgIpc) is 2.97. The number of carbonyl (C=O) groups is 2. The Kier molecular flexibility index (Phi) is 7.68. The number of carbonyl (C=O) groups excluding carboxylic acids is 2. The van der Waals surface area contributed by atoms with Crippen LogP contribution in [0.4, 0.5) is 5.69 Å². The van der Waals surface area contributed by atoms with Gasteiger partial charge in [0.25, 0.3) is 0 Å². The Balaban J connectivity index is 1.29. The van der Waals surface area contributed by atoms with Crippen LogP contribution in [0.25, 0.3) is 0 Å². The van der Waals surface area contributed by atoms with Gasteiger partial charge in [-0.15, -0.1) is 0 Å². The van der Waals surface area contributed by atoms with Gasteiger partial charge in [0.05, 0.1) is 10.8 Å². The standard InChI is InChI=1S/C31H34N2O4/c34-28(30(14-18-36-19-15-30)25-9-3-1-4-10-25)32-23-24-8-7-13-27(22-24)33-29(35)31(16-20-37-21-17-31)26-11-5-2-6-12-26/h1-13,22H,14-21,23H2,(H,32,34)(H,33,35). The third kappa shape index (κ3) is 5.31. The maximum Gasteiger partial charge on any atom is 0.235 e. The van der Waals surface area contributed by atoms with Gasteiger partial charge in [0, 0.05) is 38.7 Å². The van der Waals surface area contributed by atoms with E-state index in [1.807, 2.05) is 84.9 Å². The number of ether oxygens (including phenoxy) is 2. The predicted octanol–water partition coefficient (Wildman–Crippen LogP) is 4.74. The van der Waals surface area contributed by atoms with E-state index in [2.05, 4.69) is 10.6 Å². The largest absolute Gasteiger partial charge is 0.381 e. The minimum absolute atomic E-state index is 0.0154. The average molecular weight is 499 g/mol. The third-order valence-corrected chi connectivity index (χ3v) is 7.85. The molecule has 0 atom stereocenters. The van der Waals surface area contributed by atoms with Crippen molar-refractivity contribution in [1.29, 1.82) is 0 Å². The van der Waals surface area contributed by atoms with Crippen molar-refractivity contribution in [3.05, 3.63) is 102 Å². The number of hydrogen-bond acceptors (Lipinski definition) is 4. The van der Waals surface area contributed by atoms with Crippen LogP contribution in [-0.4, -0.2) is 38.2 Å². The highest BCUT2D eigenvalue weighted by Gasteiger charge is 2.42. The minimum Gasteiger partial charge on any atom is -0.381 e. The normalized spacial score (nSPS) is 18.5. The summed E-state index contributed by atoms with van der Waals surface area (Å²) < 4.78 is 11.2. The number of rotatable bonds is 7. The predicted molar refractivity (Wildman–Crippen MR) is 143 cm³/mol. The molecule has 6 nitrogen and oxygen atoms in total. The van der Waals surface area contributed by atoms with Gasteiger partial charge in [-0.3, -0.25) is 9.59 Å². The molecular weight excluding hydrogens is 464 g/mol. The van der Waals surface area contributed by atoms with Crippen LogP contribution in [0.15, 0.2) is 84.9 Å². The molecule has 0 unspecified atom stereocenters. The van der Waals surface area contributed by atoms with Gasteiger partial charge in [0.2, 0.25) is 11.8 Å². The lowest BCUT2D eigenvalue weighted by molar-refractivity contribution is -0.130. The molecule has 0 radical (unpaired) electrons. The van der Waals surface area contributed by atoms with E-state index in [1.54, 1.807) is 0 Å². The van der Waals surface area contributed by atoms with Crippen LogP contribution in [0.2, 0.25) is 0 Å². The molecule has 2 amide bonds. The van der Waals surface area contributed by atoms with Crippen molar-refractivity contribution in [1.82, 2.24) is 5.32 Å². The van der Waals surface area contributed by atoms with Gasteiger partial charge in [-0.2, -0.15) is 0 Å². The SMILES string of the molecule is O=C(NCc1cccc(NC(=O)C2(c3ccccc3)CCOCC2)c1)C1(c2ccccc2)CCOCC1. The van der Waals surface area contributed by atoms with Crippen molar-refractivity contribution in [2.24, 2.45) is 0 Å². The van der Waals surface area contributed by atoms with E-state index in [0.29, 0.717) is 58.7 Å². The summed E-state index contributed by atoms with van der Waals surface area (Å²) in [7, 11) is 0. The van der Waals surface area contributed by atoms with Crippen LogP contribution in [-0.2, 0) is 36.4 Å². The number of nitrogens with one attached hydrogen (secondary N) is 2. The molecular formula is C31H34N2O4. The first-order valence-electron chi connectivity index (χ1n) is 13.1. The van der Waals surface area contributed by atoms with Crippen molar-refractivity contribution >= 4 is 17.5 Å². The Bertz CT molecular complexity index is 1200. The molecule has 3 aromatic rings. The smallest absolute Gasteiger partial charge is 0.235 e. The van der Waals surface area contributed by atoms with E-state index < -0.39 is 10.8 Å². The lowest BCUT2D eigenvalue weighted by atomic mass is 9.73. The van der Waals surface area contributed by atoms with Crippen molar-refractivity contribution in [3.63, 3.8) is 0 Å². The molecule has 0 saturated carbocycles. The molecule has 2 fully saturated rings. The summed E-state index contributed by atoms with van der Waals surface area (Å²) in [4.78, 5) is 27.1. The quantitative estimate of drug-likeness (QED) is 0.494. The summed E-state index contributed by atoms with van der Waals surface area (Å²) in [5, 5.41) is 6.31. The van der Waals surface area contributed by atoms with Gasteiger partial charge in [-0.1, -0.05) is 72.8 Å². The molecule has 2 aliphatic rings. The van der Waals surface area contributed by atoms with E-state index >= 15 is 0 Å². The highest BCUT2D eigenvalue weighted by Crippen LogP contribution is 2.37. The summed E-state index contributed by atoms with van der Waals surface area (Å²) in [6.07, 6.45) is 2.60. The first-order chi connectivity index (χ1) is 18.1. The van der Waals surface area contributed by atoms with E-state index in [0.717, 1.165) is 22.4 Å². The Morgan fingerprint density at radius 2 is 1.16 bits per heavy atom. The summed E-state index contributed by atoms with van der Waals surface area (Å²) in [5.74, 6) is -0.00454. The fraction of sp³-hybridized carbons (Fsp3) is 0.355. The fourth-order valence-electron chi connectivity index (χ4n) is 5.61. The van der Waals surface area contributed by atoms with Crippen molar-refractivity contribution < 1.29 is 19.1 Å². The second-order valence-electron chi connectivity index (χ2n) is 9.96. The molecule has 0 aliphatic carbocycles. The molecule has 3 aromatic carbocycles. The number of benzene rings is 3. The number of amides is 2. The first kappa shape index (κ1) is 25.2. The van der Waals surface area contributed by atoms with Crippen molar-refractivity contribution in [2.45, 2.75) is 43.1 Å². The molecule has 6 heteroatoms. The van der Waals surface area contributed by atoms with Crippen LogP contribution < -0.4 is 10.6 Å². The second-order valence-corrected chi connectivity index (χ2v) is 9.96. The molecule has 0 bridgehead atoms. The Morgan fingerprint density at radius 3 is 1.70 bits per heavy atom. The van der Waals surface area contributed by atoms with Gasteiger partial charge in [0.1, 0.15) is 0 Å². The monoisotopic (exact) mass is 498 g/mol. The van der Waals surface area contributed by atoms with Gasteiger partial charge in [-0.25, -0.2) is 0 Å². The zero-order chi connectivity index (χ0) is 25.6. The van der Waals surface area contributed by atoms with Gasteiger partial charge in [0.15, 0.2) is 0 Å². The number of anilines is 1. The summed E-state index contributed by atoms with van der Waals surface area (Å²) in [5.41, 5.74) is 2.50. The van der Waals surface area contributed by atoms with E-state index in [-0.39, 0.29) is 11.8 Å². The Morgan fingerprint density at radius 1 is 0.649 bits per heavy atom. The first-order valence-corrected chi connectivity index (χ1v) is 13.1. The van der Waals surface area contributed by atoms with E-state index in [9.17, 15) is 9.59 Å².